The van der Waals surface area contributed by atoms with Gasteiger partial charge in [-0.1, -0.05) is 37.3 Å². The quantitative estimate of drug-likeness (QED) is 0.819. The average Bonchev–Trinajstić information content (AvgIpc) is 2.54. The van der Waals surface area contributed by atoms with Gasteiger partial charge in [0, 0.05) is 32.3 Å². The normalized spacial score (nSPS) is 12.0. The summed E-state index contributed by atoms with van der Waals surface area (Å²) in [6.45, 7) is 3.67. The first-order valence-corrected chi connectivity index (χ1v) is 7.08. The van der Waals surface area contributed by atoms with Crippen LogP contribution in [0.4, 0.5) is 11.6 Å². The van der Waals surface area contributed by atoms with Crippen molar-refractivity contribution >= 4 is 11.6 Å². The minimum atomic E-state index is 0.420. The van der Waals surface area contributed by atoms with Gasteiger partial charge in [0.15, 0.2) is 5.82 Å². The Morgan fingerprint density at radius 1 is 1.14 bits per heavy atom. The largest absolute Gasteiger partial charge is 0.384 e. The molecule has 21 heavy (non-hydrogen) atoms. The van der Waals surface area contributed by atoms with E-state index in [1.165, 1.54) is 0 Å². The fraction of sp³-hybridized carbons (Fsp3) is 0.375. The van der Waals surface area contributed by atoms with Gasteiger partial charge in [-0.2, -0.15) is 0 Å². The molecule has 1 aromatic carbocycles. The maximum atomic E-state index is 5.14. The van der Waals surface area contributed by atoms with E-state index in [0.717, 1.165) is 30.4 Å². The van der Waals surface area contributed by atoms with Crippen LogP contribution in [0.5, 0.6) is 0 Å². The van der Waals surface area contributed by atoms with Crippen LogP contribution in [0.2, 0.25) is 0 Å². The Balaban J connectivity index is 2.18. The molecule has 0 aliphatic carbocycles. The molecule has 0 amide bonds. The number of hydrogen-bond donors (Lipinski definition) is 2. The van der Waals surface area contributed by atoms with Crippen molar-refractivity contribution in [1.82, 2.24) is 9.97 Å². The maximum Gasteiger partial charge on any atom is 0.163 e. The molecule has 2 rings (SSSR count). The zero-order valence-corrected chi connectivity index (χ0v) is 12.8. The van der Waals surface area contributed by atoms with Crippen LogP contribution in [0, 0.1) is 5.92 Å². The second-order valence-electron chi connectivity index (χ2n) is 5.02. The van der Waals surface area contributed by atoms with Crippen LogP contribution < -0.4 is 10.6 Å². The van der Waals surface area contributed by atoms with Gasteiger partial charge in [0.2, 0.25) is 0 Å². The molecule has 0 bridgehead atoms. The van der Waals surface area contributed by atoms with Crippen molar-refractivity contribution in [3.05, 3.63) is 36.4 Å². The molecule has 0 aliphatic heterocycles. The van der Waals surface area contributed by atoms with Crippen LogP contribution in [-0.2, 0) is 4.74 Å². The monoisotopic (exact) mass is 286 g/mol. The molecule has 0 spiro atoms. The summed E-state index contributed by atoms with van der Waals surface area (Å²) in [5.74, 6) is 2.74. The first-order chi connectivity index (χ1) is 10.2. The van der Waals surface area contributed by atoms with Gasteiger partial charge >= 0.3 is 0 Å². The number of benzene rings is 1. The summed E-state index contributed by atoms with van der Waals surface area (Å²) < 4.78 is 5.14. The molecule has 112 valence electrons. The Hall–Kier alpha value is -2.14. The van der Waals surface area contributed by atoms with Crippen molar-refractivity contribution in [3.63, 3.8) is 0 Å². The second-order valence-corrected chi connectivity index (χ2v) is 5.02. The van der Waals surface area contributed by atoms with E-state index < -0.39 is 0 Å². The topological polar surface area (TPSA) is 59.1 Å². The molecule has 0 fully saturated rings. The zero-order valence-electron chi connectivity index (χ0n) is 12.8. The van der Waals surface area contributed by atoms with Gasteiger partial charge in [-0.05, 0) is 5.92 Å². The number of aromatic nitrogens is 2. The molecule has 1 unspecified atom stereocenters. The highest BCUT2D eigenvalue weighted by Gasteiger charge is 2.07. The fourth-order valence-electron chi connectivity index (χ4n) is 2.00. The molecule has 5 heteroatoms. The van der Waals surface area contributed by atoms with Crippen LogP contribution in [-0.4, -0.2) is 37.3 Å². The predicted molar refractivity (Wildman–Crippen MR) is 86.5 cm³/mol. The molecule has 1 heterocycles. The lowest BCUT2D eigenvalue weighted by Crippen LogP contribution is -2.16. The molecule has 5 nitrogen and oxygen atoms in total. The summed E-state index contributed by atoms with van der Waals surface area (Å²) in [5, 5.41) is 6.42. The first kappa shape index (κ1) is 15.3. The van der Waals surface area contributed by atoms with Crippen molar-refractivity contribution in [1.29, 1.82) is 0 Å². The molecule has 1 atom stereocenters. The molecule has 2 N–H and O–H groups in total. The third-order valence-electron chi connectivity index (χ3n) is 3.10. The Morgan fingerprint density at radius 3 is 2.52 bits per heavy atom. The highest BCUT2D eigenvalue weighted by atomic mass is 16.5. The Labute approximate surface area is 125 Å². The van der Waals surface area contributed by atoms with Crippen LogP contribution in [0.15, 0.2) is 36.4 Å². The third-order valence-corrected chi connectivity index (χ3v) is 3.10. The van der Waals surface area contributed by atoms with Crippen molar-refractivity contribution < 1.29 is 4.74 Å². The Kier molecular flexibility index (Phi) is 5.51. The summed E-state index contributed by atoms with van der Waals surface area (Å²) in [7, 11) is 3.57. The number of nitrogens with one attached hydrogen (secondary N) is 2. The highest BCUT2D eigenvalue weighted by Crippen LogP contribution is 2.20. The van der Waals surface area contributed by atoms with Gasteiger partial charge in [-0.3, -0.25) is 0 Å². The first-order valence-electron chi connectivity index (χ1n) is 7.08. The van der Waals surface area contributed by atoms with Crippen molar-refractivity contribution in [2.45, 2.75) is 6.92 Å². The Morgan fingerprint density at radius 2 is 1.86 bits per heavy atom. The SMILES string of the molecule is CNc1cc(NCC(C)COC)nc(-c2ccccc2)n1. The van der Waals surface area contributed by atoms with E-state index in [-0.39, 0.29) is 0 Å². The standard InChI is InChI=1S/C16H22N4O/c1-12(11-21-3)10-18-15-9-14(17-2)19-16(20-15)13-7-5-4-6-8-13/h4-9,12H,10-11H2,1-3H3,(H2,17,18,19,20). The molecule has 0 radical (unpaired) electrons. The number of hydrogen-bond acceptors (Lipinski definition) is 5. The van der Waals surface area contributed by atoms with Crippen LogP contribution in [0.25, 0.3) is 11.4 Å². The zero-order chi connectivity index (χ0) is 15.1. The summed E-state index contributed by atoms with van der Waals surface area (Å²) in [6, 6.07) is 11.9. The van der Waals surface area contributed by atoms with E-state index in [1.54, 1.807) is 7.11 Å². The Bertz CT molecular complexity index is 559. The van der Waals surface area contributed by atoms with E-state index in [2.05, 4.69) is 27.5 Å². The summed E-state index contributed by atoms with van der Waals surface area (Å²) in [5.41, 5.74) is 1.00. The average molecular weight is 286 g/mol. The minimum absolute atomic E-state index is 0.420. The second kappa shape index (κ2) is 7.59. The lowest BCUT2D eigenvalue weighted by Gasteiger charge is -2.13. The third kappa shape index (κ3) is 4.43. The number of anilines is 2. The van der Waals surface area contributed by atoms with E-state index >= 15 is 0 Å². The fourth-order valence-corrected chi connectivity index (χ4v) is 2.00. The van der Waals surface area contributed by atoms with E-state index in [9.17, 15) is 0 Å². The lowest BCUT2D eigenvalue weighted by molar-refractivity contribution is 0.164. The molecule has 1 aromatic heterocycles. The van der Waals surface area contributed by atoms with E-state index in [4.69, 9.17) is 4.74 Å². The molecule has 0 saturated heterocycles. The van der Waals surface area contributed by atoms with Crippen LogP contribution >= 0.6 is 0 Å². The van der Waals surface area contributed by atoms with Gasteiger partial charge in [0.25, 0.3) is 0 Å². The van der Waals surface area contributed by atoms with E-state index in [1.807, 2.05) is 43.4 Å². The smallest absolute Gasteiger partial charge is 0.163 e. The summed E-state index contributed by atoms with van der Waals surface area (Å²) >= 11 is 0. The van der Waals surface area contributed by atoms with Gasteiger partial charge in [0.1, 0.15) is 11.6 Å². The number of nitrogens with zero attached hydrogens (tertiary/aromatic N) is 2. The van der Waals surface area contributed by atoms with Gasteiger partial charge < -0.3 is 15.4 Å². The highest BCUT2D eigenvalue weighted by molar-refractivity contribution is 5.61. The lowest BCUT2D eigenvalue weighted by atomic mass is 10.2. The predicted octanol–water partition coefficient (Wildman–Crippen LogP) is 2.88. The summed E-state index contributed by atoms with van der Waals surface area (Å²) in [6.07, 6.45) is 0. The summed E-state index contributed by atoms with van der Waals surface area (Å²) in [4.78, 5) is 9.08. The molecular weight excluding hydrogens is 264 g/mol. The molecular formula is C16H22N4O. The van der Waals surface area contributed by atoms with Crippen LogP contribution in [0.3, 0.4) is 0 Å². The minimum Gasteiger partial charge on any atom is -0.384 e. The molecule has 0 aliphatic rings. The number of rotatable bonds is 7. The van der Waals surface area contributed by atoms with E-state index in [0.29, 0.717) is 11.7 Å². The number of ether oxygens (including phenoxy) is 1. The molecule has 0 saturated carbocycles. The van der Waals surface area contributed by atoms with Crippen molar-refractivity contribution in [2.24, 2.45) is 5.92 Å². The van der Waals surface area contributed by atoms with Crippen molar-refractivity contribution in [3.8, 4) is 11.4 Å². The van der Waals surface area contributed by atoms with Gasteiger partial charge in [0.05, 0.1) is 6.61 Å². The van der Waals surface area contributed by atoms with Crippen LogP contribution in [0.1, 0.15) is 6.92 Å². The molecule has 2 aromatic rings. The van der Waals surface area contributed by atoms with Gasteiger partial charge in [-0.25, -0.2) is 9.97 Å². The number of methoxy groups -OCH3 is 1. The van der Waals surface area contributed by atoms with Gasteiger partial charge in [-0.15, -0.1) is 0 Å². The van der Waals surface area contributed by atoms with Crippen molar-refractivity contribution in [2.75, 3.05) is 37.9 Å². The maximum absolute atomic E-state index is 5.14.